The van der Waals surface area contributed by atoms with E-state index >= 15 is 0 Å². The second-order valence-electron chi connectivity index (χ2n) is 6.67. The Morgan fingerprint density at radius 3 is 2.50 bits per heavy atom. The standard InChI is InChI=1S/C23H19FN2OS/c1-15-25-23(17-7-10-19(24)11-8-17)21(28-15)14-22(27)26(2)20-12-9-16-5-3-4-6-18(16)13-20/h3-13H,14H2,1-2H3. The number of halogens is 1. The van der Waals surface area contributed by atoms with Crippen LogP contribution in [0, 0.1) is 12.7 Å². The van der Waals surface area contributed by atoms with E-state index in [4.69, 9.17) is 0 Å². The summed E-state index contributed by atoms with van der Waals surface area (Å²) >= 11 is 1.50. The van der Waals surface area contributed by atoms with E-state index in [0.717, 1.165) is 37.6 Å². The molecular formula is C23H19FN2OS. The van der Waals surface area contributed by atoms with Crippen molar-refractivity contribution < 1.29 is 9.18 Å². The average Bonchev–Trinajstić information content (AvgIpc) is 3.07. The van der Waals surface area contributed by atoms with Gasteiger partial charge in [-0.05, 0) is 54.1 Å². The molecule has 4 aromatic rings. The van der Waals surface area contributed by atoms with E-state index in [1.807, 2.05) is 43.3 Å². The summed E-state index contributed by atoms with van der Waals surface area (Å²) in [7, 11) is 1.79. The van der Waals surface area contributed by atoms with Crippen LogP contribution in [-0.4, -0.2) is 17.9 Å². The van der Waals surface area contributed by atoms with Crippen LogP contribution in [-0.2, 0) is 11.2 Å². The second-order valence-corrected chi connectivity index (χ2v) is 7.96. The Labute approximate surface area is 167 Å². The Balaban J connectivity index is 1.60. The lowest BCUT2D eigenvalue weighted by atomic mass is 10.1. The molecule has 4 rings (SSSR count). The van der Waals surface area contributed by atoms with Crippen molar-refractivity contribution in [2.24, 2.45) is 0 Å². The Hall–Kier alpha value is -3.05. The van der Waals surface area contributed by atoms with Gasteiger partial charge in [0.15, 0.2) is 0 Å². The fourth-order valence-electron chi connectivity index (χ4n) is 3.21. The fraction of sp³-hybridized carbons (Fsp3) is 0.130. The van der Waals surface area contributed by atoms with Crippen LogP contribution in [0.15, 0.2) is 66.7 Å². The number of aryl methyl sites for hydroxylation is 1. The number of likely N-dealkylation sites (N-methyl/N-ethyl adjacent to an activating group) is 1. The van der Waals surface area contributed by atoms with Gasteiger partial charge < -0.3 is 4.90 Å². The number of aromatic nitrogens is 1. The molecule has 0 atom stereocenters. The summed E-state index contributed by atoms with van der Waals surface area (Å²) in [4.78, 5) is 20.1. The number of fused-ring (bicyclic) bond motifs is 1. The Bertz CT molecular complexity index is 1150. The van der Waals surface area contributed by atoms with E-state index in [9.17, 15) is 9.18 Å². The number of amides is 1. The third kappa shape index (κ3) is 3.66. The predicted molar refractivity (Wildman–Crippen MR) is 113 cm³/mol. The van der Waals surface area contributed by atoms with Gasteiger partial charge in [-0.3, -0.25) is 4.79 Å². The van der Waals surface area contributed by atoms with Crippen molar-refractivity contribution in [2.45, 2.75) is 13.3 Å². The number of thiazole rings is 1. The average molecular weight is 390 g/mol. The summed E-state index contributed by atoms with van der Waals surface area (Å²) in [6.07, 6.45) is 0.252. The lowest BCUT2D eigenvalue weighted by molar-refractivity contribution is -0.117. The lowest BCUT2D eigenvalue weighted by Crippen LogP contribution is -2.27. The largest absolute Gasteiger partial charge is 0.315 e. The highest BCUT2D eigenvalue weighted by Gasteiger charge is 2.18. The van der Waals surface area contributed by atoms with Crippen molar-refractivity contribution in [1.29, 1.82) is 0 Å². The van der Waals surface area contributed by atoms with Crippen LogP contribution in [0.25, 0.3) is 22.0 Å². The topological polar surface area (TPSA) is 33.2 Å². The molecule has 3 aromatic carbocycles. The number of benzene rings is 3. The van der Waals surface area contributed by atoms with Crippen LogP contribution < -0.4 is 4.90 Å². The van der Waals surface area contributed by atoms with Gasteiger partial charge in [0.1, 0.15) is 5.82 Å². The maximum atomic E-state index is 13.2. The molecule has 0 fully saturated rings. The summed E-state index contributed by atoms with van der Waals surface area (Å²) in [5.41, 5.74) is 2.43. The molecule has 28 heavy (non-hydrogen) atoms. The molecule has 0 aliphatic rings. The molecule has 0 aliphatic carbocycles. The Morgan fingerprint density at radius 1 is 1.04 bits per heavy atom. The minimum absolute atomic E-state index is 0.0118. The van der Waals surface area contributed by atoms with E-state index in [2.05, 4.69) is 11.1 Å². The van der Waals surface area contributed by atoms with Crippen molar-refractivity contribution >= 4 is 33.7 Å². The van der Waals surface area contributed by atoms with Crippen molar-refractivity contribution in [3.63, 3.8) is 0 Å². The SMILES string of the molecule is Cc1nc(-c2ccc(F)cc2)c(CC(=O)N(C)c2ccc3ccccc3c2)s1. The van der Waals surface area contributed by atoms with Crippen LogP contribution in [0.2, 0.25) is 0 Å². The van der Waals surface area contributed by atoms with Gasteiger partial charge in [0.2, 0.25) is 5.91 Å². The number of rotatable bonds is 4. The summed E-state index contributed by atoms with van der Waals surface area (Å²) in [6.45, 7) is 1.92. The Morgan fingerprint density at radius 2 is 1.75 bits per heavy atom. The monoisotopic (exact) mass is 390 g/mol. The smallest absolute Gasteiger partial charge is 0.232 e. The van der Waals surface area contributed by atoms with E-state index in [-0.39, 0.29) is 18.1 Å². The molecule has 1 amide bonds. The number of carbonyl (C=O) groups is 1. The van der Waals surface area contributed by atoms with Gasteiger partial charge in [-0.2, -0.15) is 0 Å². The normalized spacial score (nSPS) is 11.0. The minimum Gasteiger partial charge on any atom is -0.315 e. The predicted octanol–water partition coefficient (Wildman–Crippen LogP) is 5.62. The summed E-state index contributed by atoms with van der Waals surface area (Å²) in [5.74, 6) is -0.299. The molecule has 0 N–H and O–H groups in total. The van der Waals surface area contributed by atoms with Crippen LogP contribution in [0.5, 0.6) is 0 Å². The quantitative estimate of drug-likeness (QED) is 0.453. The van der Waals surface area contributed by atoms with Gasteiger partial charge in [0.25, 0.3) is 0 Å². The van der Waals surface area contributed by atoms with Crippen molar-refractivity contribution in [1.82, 2.24) is 4.98 Å². The molecule has 0 saturated heterocycles. The van der Waals surface area contributed by atoms with E-state index < -0.39 is 0 Å². The molecule has 1 heterocycles. The number of anilines is 1. The zero-order valence-electron chi connectivity index (χ0n) is 15.6. The van der Waals surface area contributed by atoms with Gasteiger partial charge in [-0.25, -0.2) is 9.37 Å². The van der Waals surface area contributed by atoms with Crippen LogP contribution in [0.4, 0.5) is 10.1 Å². The molecule has 0 aliphatic heterocycles. The Kier molecular flexibility index (Phi) is 4.92. The molecule has 0 bridgehead atoms. The van der Waals surface area contributed by atoms with Gasteiger partial charge in [-0.1, -0.05) is 30.3 Å². The minimum atomic E-state index is -0.288. The number of hydrogen-bond donors (Lipinski definition) is 0. The van der Waals surface area contributed by atoms with E-state index in [0.29, 0.717) is 0 Å². The molecule has 0 saturated carbocycles. The molecule has 0 unspecified atom stereocenters. The van der Waals surface area contributed by atoms with Gasteiger partial charge in [0.05, 0.1) is 17.1 Å². The highest BCUT2D eigenvalue weighted by atomic mass is 32.1. The third-order valence-corrected chi connectivity index (χ3v) is 5.70. The zero-order chi connectivity index (χ0) is 19.7. The highest BCUT2D eigenvalue weighted by Crippen LogP contribution is 2.30. The maximum absolute atomic E-state index is 13.2. The van der Waals surface area contributed by atoms with E-state index in [1.54, 1.807) is 24.1 Å². The van der Waals surface area contributed by atoms with Crippen molar-refractivity contribution in [3.05, 3.63) is 82.4 Å². The first-order chi connectivity index (χ1) is 13.5. The van der Waals surface area contributed by atoms with Gasteiger partial charge in [0, 0.05) is 23.2 Å². The molecule has 3 nitrogen and oxygen atoms in total. The molecule has 0 spiro atoms. The summed E-state index contributed by atoms with van der Waals surface area (Å²) < 4.78 is 13.2. The molecular weight excluding hydrogens is 371 g/mol. The van der Waals surface area contributed by atoms with Crippen LogP contribution >= 0.6 is 11.3 Å². The van der Waals surface area contributed by atoms with Crippen molar-refractivity contribution in [3.8, 4) is 11.3 Å². The van der Waals surface area contributed by atoms with Crippen molar-refractivity contribution in [2.75, 3.05) is 11.9 Å². The van der Waals surface area contributed by atoms with Gasteiger partial charge >= 0.3 is 0 Å². The summed E-state index contributed by atoms with van der Waals surface area (Å²) in [6, 6.07) is 20.3. The molecule has 5 heteroatoms. The maximum Gasteiger partial charge on any atom is 0.232 e. The fourth-order valence-corrected chi connectivity index (χ4v) is 4.16. The van der Waals surface area contributed by atoms with E-state index in [1.165, 1.54) is 23.5 Å². The number of carbonyl (C=O) groups excluding carboxylic acids is 1. The molecule has 0 radical (unpaired) electrons. The number of hydrogen-bond acceptors (Lipinski definition) is 3. The van der Waals surface area contributed by atoms with Crippen LogP contribution in [0.3, 0.4) is 0 Å². The first kappa shape index (κ1) is 18.3. The first-order valence-corrected chi connectivity index (χ1v) is 9.80. The second kappa shape index (κ2) is 7.52. The van der Waals surface area contributed by atoms with Gasteiger partial charge in [-0.15, -0.1) is 11.3 Å². The zero-order valence-corrected chi connectivity index (χ0v) is 16.5. The first-order valence-electron chi connectivity index (χ1n) is 8.99. The van der Waals surface area contributed by atoms with Crippen LogP contribution in [0.1, 0.15) is 9.88 Å². The lowest BCUT2D eigenvalue weighted by Gasteiger charge is -2.18. The molecule has 1 aromatic heterocycles. The highest BCUT2D eigenvalue weighted by molar-refractivity contribution is 7.12. The number of nitrogens with zero attached hydrogens (tertiary/aromatic N) is 2. The molecule has 140 valence electrons. The third-order valence-electron chi connectivity index (χ3n) is 4.73. The summed E-state index contributed by atoms with van der Waals surface area (Å²) in [5, 5.41) is 3.12.